The summed E-state index contributed by atoms with van der Waals surface area (Å²) in [5.74, 6) is -0.0340. The molecule has 2 saturated heterocycles. The van der Waals surface area contributed by atoms with Crippen LogP contribution in [-0.4, -0.2) is 59.6 Å². The summed E-state index contributed by atoms with van der Waals surface area (Å²) in [6, 6.07) is 10.3. The van der Waals surface area contributed by atoms with Gasteiger partial charge in [0.15, 0.2) is 5.13 Å². The second-order valence-electron chi connectivity index (χ2n) is 6.94. The number of cyclic esters (lactones) is 1. The van der Waals surface area contributed by atoms with Gasteiger partial charge in [-0.3, -0.25) is 9.69 Å². The van der Waals surface area contributed by atoms with Crippen molar-refractivity contribution in [2.75, 3.05) is 38.5 Å². The quantitative estimate of drug-likeness (QED) is 0.869. The SMILES string of the molecule is Nc1nc(C2(c3ccccc3)CCN(C(=O)CN3CCOC3=O)CC2)cs1. The summed E-state index contributed by atoms with van der Waals surface area (Å²) in [5.41, 5.74) is 7.84. The van der Waals surface area contributed by atoms with E-state index < -0.39 is 6.09 Å². The molecule has 0 bridgehead atoms. The number of nitrogens with zero attached hydrogens (tertiary/aromatic N) is 3. The molecular formula is C19H22N4O3S. The van der Waals surface area contributed by atoms with Gasteiger partial charge in [0.1, 0.15) is 13.2 Å². The van der Waals surface area contributed by atoms with Gasteiger partial charge in [0.2, 0.25) is 5.91 Å². The third-order valence-electron chi connectivity index (χ3n) is 5.48. The molecule has 0 aliphatic carbocycles. The van der Waals surface area contributed by atoms with Crippen LogP contribution in [-0.2, 0) is 14.9 Å². The molecule has 1 aromatic carbocycles. The van der Waals surface area contributed by atoms with E-state index in [2.05, 4.69) is 17.1 Å². The lowest BCUT2D eigenvalue weighted by Gasteiger charge is -2.41. The maximum atomic E-state index is 12.6. The van der Waals surface area contributed by atoms with E-state index in [0.29, 0.717) is 31.4 Å². The number of carbonyl (C=O) groups is 2. The summed E-state index contributed by atoms with van der Waals surface area (Å²) in [5, 5.41) is 2.59. The van der Waals surface area contributed by atoms with Crippen LogP contribution in [0.25, 0.3) is 0 Å². The smallest absolute Gasteiger partial charge is 0.410 e. The molecule has 142 valence electrons. The number of thiazole rings is 1. The van der Waals surface area contributed by atoms with Crippen LogP contribution in [0.5, 0.6) is 0 Å². The molecule has 3 heterocycles. The summed E-state index contributed by atoms with van der Waals surface area (Å²) in [6.07, 6.45) is 1.14. The average molecular weight is 386 g/mol. The molecular weight excluding hydrogens is 364 g/mol. The molecule has 7 nitrogen and oxygen atoms in total. The van der Waals surface area contributed by atoms with Crippen molar-refractivity contribution in [1.82, 2.24) is 14.8 Å². The molecule has 2 aromatic rings. The zero-order chi connectivity index (χ0) is 18.9. The van der Waals surface area contributed by atoms with Gasteiger partial charge >= 0.3 is 6.09 Å². The van der Waals surface area contributed by atoms with Gasteiger partial charge < -0.3 is 15.4 Å². The molecule has 2 N–H and O–H groups in total. The second-order valence-corrected chi connectivity index (χ2v) is 7.83. The maximum absolute atomic E-state index is 12.6. The zero-order valence-electron chi connectivity index (χ0n) is 15.0. The van der Waals surface area contributed by atoms with E-state index in [1.165, 1.54) is 21.8 Å². The van der Waals surface area contributed by atoms with Gasteiger partial charge in [0.25, 0.3) is 0 Å². The molecule has 0 saturated carbocycles. The molecule has 0 radical (unpaired) electrons. The van der Waals surface area contributed by atoms with Crippen LogP contribution in [0.4, 0.5) is 9.93 Å². The Morgan fingerprint density at radius 1 is 1.22 bits per heavy atom. The minimum absolute atomic E-state index is 0.0340. The first-order valence-corrected chi connectivity index (χ1v) is 9.93. The summed E-state index contributed by atoms with van der Waals surface area (Å²) < 4.78 is 4.90. The van der Waals surface area contributed by atoms with E-state index in [9.17, 15) is 9.59 Å². The van der Waals surface area contributed by atoms with Crippen molar-refractivity contribution in [3.05, 3.63) is 47.0 Å². The van der Waals surface area contributed by atoms with E-state index in [-0.39, 0.29) is 17.9 Å². The number of aromatic nitrogens is 1. The highest BCUT2D eigenvalue weighted by Crippen LogP contribution is 2.42. The average Bonchev–Trinajstić information content (AvgIpc) is 3.31. The minimum Gasteiger partial charge on any atom is -0.448 e. The number of piperidine rings is 1. The number of hydrogen-bond acceptors (Lipinski definition) is 6. The number of amides is 2. The topological polar surface area (TPSA) is 88.8 Å². The van der Waals surface area contributed by atoms with E-state index >= 15 is 0 Å². The molecule has 2 amide bonds. The molecule has 27 heavy (non-hydrogen) atoms. The van der Waals surface area contributed by atoms with Crippen LogP contribution in [0, 0.1) is 0 Å². The van der Waals surface area contributed by atoms with E-state index in [0.717, 1.165) is 18.5 Å². The molecule has 2 fully saturated rings. The Bertz CT molecular complexity index is 830. The predicted octanol–water partition coefficient (Wildman–Crippen LogP) is 2.09. The predicted molar refractivity (Wildman–Crippen MR) is 102 cm³/mol. The lowest BCUT2D eigenvalue weighted by molar-refractivity contribution is -0.133. The highest BCUT2D eigenvalue weighted by atomic mass is 32.1. The zero-order valence-corrected chi connectivity index (χ0v) is 15.8. The first kappa shape index (κ1) is 17.8. The van der Waals surface area contributed by atoms with E-state index in [4.69, 9.17) is 10.5 Å². The number of likely N-dealkylation sites (tertiary alicyclic amines) is 1. The Labute approximate surface area is 161 Å². The van der Waals surface area contributed by atoms with Gasteiger partial charge in [0.05, 0.1) is 12.2 Å². The molecule has 1 aromatic heterocycles. The molecule has 8 heteroatoms. The molecule has 0 unspecified atom stereocenters. The summed E-state index contributed by atoms with van der Waals surface area (Å²) in [7, 11) is 0. The van der Waals surface area contributed by atoms with Gasteiger partial charge in [-0.15, -0.1) is 11.3 Å². The van der Waals surface area contributed by atoms with Crippen LogP contribution in [0.3, 0.4) is 0 Å². The van der Waals surface area contributed by atoms with Crippen molar-refractivity contribution in [2.45, 2.75) is 18.3 Å². The first-order valence-electron chi connectivity index (χ1n) is 9.05. The lowest BCUT2D eigenvalue weighted by Crippen LogP contribution is -2.49. The second kappa shape index (κ2) is 7.19. The van der Waals surface area contributed by atoms with Crippen molar-refractivity contribution >= 4 is 28.5 Å². The van der Waals surface area contributed by atoms with Gasteiger partial charge in [-0.05, 0) is 18.4 Å². The summed E-state index contributed by atoms with van der Waals surface area (Å²) in [6.45, 7) is 2.15. The Hall–Kier alpha value is -2.61. The number of hydrogen-bond donors (Lipinski definition) is 1. The number of carbonyl (C=O) groups excluding carboxylic acids is 2. The van der Waals surface area contributed by atoms with Crippen LogP contribution < -0.4 is 5.73 Å². The third-order valence-corrected chi connectivity index (χ3v) is 6.15. The fraction of sp³-hybridized carbons (Fsp3) is 0.421. The van der Waals surface area contributed by atoms with Gasteiger partial charge in [0, 0.05) is 23.9 Å². The van der Waals surface area contributed by atoms with E-state index in [1.807, 2.05) is 28.5 Å². The maximum Gasteiger partial charge on any atom is 0.410 e. The minimum atomic E-state index is -0.406. The van der Waals surface area contributed by atoms with Gasteiger partial charge in [-0.1, -0.05) is 30.3 Å². The molecule has 0 atom stereocenters. The van der Waals surface area contributed by atoms with Crippen molar-refractivity contribution in [3.8, 4) is 0 Å². The Morgan fingerprint density at radius 2 is 1.96 bits per heavy atom. The van der Waals surface area contributed by atoms with Crippen molar-refractivity contribution < 1.29 is 14.3 Å². The van der Waals surface area contributed by atoms with Crippen molar-refractivity contribution in [2.24, 2.45) is 0 Å². The molecule has 0 spiro atoms. The van der Waals surface area contributed by atoms with E-state index in [1.54, 1.807) is 0 Å². The number of nitrogens with two attached hydrogens (primary N) is 1. The standard InChI is InChI=1S/C19H22N4O3S/c20-17-21-15(13-27-17)19(14-4-2-1-3-5-14)6-8-22(9-7-19)16(24)12-23-10-11-26-18(23)25/h1-5,13H,6-12H2,(H2,20,21). The largest absolute Gasteiger partial charge is 0.448 e. The van der Waals surface area contributed by atoms with Crippen LogP contribution in [0.15, 0.2) is 35.7 Å². The summed E-state index contributed by atoms with van der Waals surface area (Å²) >= 11 is 1.45. The van der Waals surface area contributed by atoms with Crippen molar-refractivity contribution in [3.63, 3.8) is 0 Å². The Morgan fingerprint density at radius 3 is 2.56 bits per heavy atom. The first-order chi connectivity index (χ1) is 13.1. The lowest BCUT2D eigenvalue weighted by atomic mass is 9.70. The van der Waals surface area contributed by atoms with Gasteiger partial charge in [-0.25, -0.2) is 9.78 Å². The van der Waals surface area contributed by atoms with Crippen molar-refractivity contribution in [1.29, 1.82) is 0 Å². The number of ether oxygens (including phenoxy) is 1. The highest BCUT2D eigenvalue weighted by molar-refractivity contribution is 7.13. The molecule has 4 rings (SSSR count). The fourth-order valence-corrected chi connectivity index (χ4v) is 4.59. The highest BCUT2D eigenvalue weighted by Gasteiger charge is 2.41. The van der Waals surface area contributed by atoms with Crippen LogP contribution >= 0.6 is 11.3 Å². The molecule has 2 aliphatic rings. The van der Waals surface area contributed by atoms with Crippen LogP contribution in [0.1, 0.15) is 24.1 Å². The number of anilines is 1. The fourth-order valence-electron chi connectivity index (χ4n) is 3.93. The van der Waals surface area contributed by atoms with Crippen LogP contribution in [0.2, 0.25) is 0 Å². The Kier molecular flexibility index (Phi) is 4.73. The monoisotopic (exact) mass is 386 g/mol. The Balaban J connectivity index is 1.51. The number of nitrogen functional groups attached to an aromatic ring is 1. The summed E-state index contributed by atoms with van der Waals surface area (Å²) in [4.78, 5) is 32.1. The van der Waals surface area contributed by atoms with Gasteiger partial charge in [-0.2, -0.15) is 0 Å². The third kappa shape index (κ3) is 3.37. The number of rotatable bonds is 4. The molecule has 2 aliphatic heterocycles. The normalized spacial score (nSPS) is 19.2. The number of benzene rings is 1.